The average Bonchev–Trinajstić information content (AvgIpc) is 2.54. The van der Waals surface area contributed by atoms with Gasteiger partial charge in [-0.05, 0) is 66.6 Å². The van der Waals surface area contributed by atoms with E-state index in [0.29, 0.717) is 11.8 Å². The van der Waals surface area contributed by atoms with Gasteiger partial charge in [0.15, 0.2) is 0 Å². The highest BCUT2D eigenvalue weighted by Gasteiger charge is 2.55. The van der Waals surface area contributed by atoms with Gasteiger partial charge >= 0.3 is 5.97 Å². The zero-order valence-corrected chi connectivity index (χ0v) is 15.5. The summed E-state index contributed by atoms with van der Waals surface area (Å²) in [5, 5.41) is 9.10. The summed E-state index contributed by atoms with van der Waals surface area (Å²) >= 11 is 0. The second-order valence-corrected chi connectivity index (χ2v) is 9.04. The van der Waals surface area contributed by atoms with Crippen LogP contribution in [-0.2, 0) is 4.79 Å². The lowest BCUT2D eigenvalue weighted by atomic mass is 9.44. The van der Waals surface area contributed by atoms with Crippen LogP contribution in [0.5, 0.6) is 0 Å². The molecule has 3 rings (SSSR count). The van der Waals surface area contributed by atoms with E-state index in [1.807, 2.05) is 6.08 Å². The van der Waals surface area contributed by atoms with E-state index in [0.717, 1.165) is 12.8 Å². The van der Waals surface area contributed by atoms with Crippen molar-refractivity contribution in [2.75, 3.05) is 0 Å². The number of hydrogen-bond acceptors (Lipinski definition) is 1. The molecule has 2 fully saturated rings. The molecule has 2 saturated carbocycles. The summed E-state index contributed by atoms with van der Waals surface area (Å²) in [6, 6.07) is 0. The highest BCUT2D eigenvalue weighted by atomic mass is 16.4. The molecule has 0 bridgehead atoms. The maximum absolute atomic E-state index is 11.1. The summed E-state index contributed by atoms with van der Waals surface area (Å²) in [5.74, 6) is 0.341. The fraction of sp³-hybridized carbons (Fsp3) is 0.682. The largest absolute Gasteiger partial charge is 0.478 e. The molecule has 3 aliphatic rings. The van der Waals surface area contributed by atoms with E-state index in [1.54, 1.807) is 5.57 Å². The number of carboxylic acid groups (broad SMARTS) is 1. The van der Waals surface area contributed by atoms with Crippen molar-refractivity contribution in [2.24, 2.45) is 28.1 Å². The minimum absolute atomic E-state index is 0.000766. The van der Waals surface area contributed by atoms with Gasteiger partial charge in [-0.15, -0.1) is 6.58 Å². The van der Waals surface area contributed by atoms with Crippen molar-refractivity contribution in [2.45, 2.75) is 65.7 Å². The van der Waals surface area contributed by atoms with E-state index < -0.39 is 5.97 Å². The molecule has 0 aromatic carbocycles. The van der Waals surface area contributed by atoms with Gasteiger partial charge in [-0.1, -0.05) is 51.0 Å². The number of allylic oxidation sites excluding steroid dienone is 4. The predicted molar refractivity (Wildman–Crippen MR) is 98.7 cm³/mol. The van der Waals surface area contributed by atoms with Crippen LogP contribution in [0, 0.1) is 28.1 Å². The summed E-state index contributed by atoms with van der Waals surface area (Å²) in [6.07, 6.45) is 16.4. The normalized spacial score (nSPS) is 45.2. The van der Waals surface area contributed by atoms with Gasteiger partial charge in [-0.2, -0.15) is 0 Å². The van der Waals surface area contributed by atoms with Gasteiger partial charge in [-0.3, -0.25) is 0 Å². The molecule has 2 heteroatoms. The van der Waals surface area contributed by atoms with Gasteiger partial charge in [0.25, 0.3) is 0 Å². The molecule has 3 aliphatic carbocycles. The zero-order valence-electron chi connectivity index (χ0n) is 15.5. The molecule has 5 atom stereocenters. The lowest BCUT2D eigenvalue weighted by Gasteiger charge is -2.60. The minimum Gasteiger partial charge on any atom is -0.478 e. The van der Waals surface area contributed by atoms with Crippen LogP contribution in [0.2, 0.25) is 0 Å². The zero-order chi connectivity index (χ0) is 17.6. The van der Waals surface area contributed by atoms with Crippen molar-refractivity contribution >= 4 is 5.97 Å². The molecule has 2 unspecified atom stereocenters. The Morgan fingerprint density at radius 1 is 1.21 bits per heavy atom. The van der Waals surface area contributed by atoms with Crippen molar-refractivity contribution < 1.29 is 9.90 Å². The standard InChI is InChI=1S/C22H32O2/c1-5-20(2)12-6-8-17-16(20)9-10-18-21(3,15-11-19(23)24)13-7-14-22(17,18)4/h5,8,11,15-16,18H,1,6-7,9-10,12-14H2,2-4H3,(H,23,24)/b15-11+/t16?,18?,20-,21-,22-/m0/s1. The summed E-state index contributed by atoms with van der Waals surface area (Å²) in [5.41, 5.74) is 2.09. The lowest BCUT2D eigenvalue weighted by molar-refractivity contribution is -0.131. The molecule has 1 N–H and O–H groups in total. The van der Waals surface area contributed by atoms with E-state index in [2.05, 4.69) is 39.5 Å². The first kappa shape index (κ1) is 17.5. The first-order chi connectivity index (χ1) is 11.3. The second-order valence-electron chi connectivity index (χ2n) is 9.04. The number of fused-ring (bicyclic) bond motifs is 3. The molecular weight excluding hydrogens is 296 g/mol. The number of hydrogen-bond donors (Lipinski definition) is 1. The maximum Gasteiger partial charge on any atom is 0.327 e. The van der Waals surface area contributed by atoms with Crippen molar-refractivity contribution in [3.63, 3.8) is 0 Å². The van der Waals surface area contributed by atoms with Crippen LogP contribution in [0.25, 0.3) is 0 Å². The van der Waals surface area contributed by atoms with Crippen LogP contribution in [0.15, 0.2) is 36.5 Å². The van der Waals surface area contributed by atoms with E-state index in [1.165, 1.54) is 38.2 Å². The fourth-order valence-corrected chi connectivity index (χ4v) is 6.27. The first-order valence-electron chi connectivity index (χ1n) is 9.51. The predicted octanol–water partition coefficient (Wildman–Crippen LogP) is 5.76. The smallest absolute Gasteiger partial charge is 0.327 e. The van der Waals surface area contributed by atoms with E-state index in [4.69, 9.17) is 5.11 Å². The molecule has 0 saturated heterocycles. The molecule has 2 nitrogen and oxygen atoms in total. The third kappa shape index (κ3) is 2.59. The highest BCUT2D eigenvalue weighted by Crippen LogP contribution is 2.65. The van der Waals surface area contributed by atoms with Crippen molar-refractivity contribution in [3.8, 4) is 0 Å². The third-order valence-corrected chi connectivity index (χ3v) is 7.67. The second kappa shape index (κ2) is 5.89. The Bertz CT molecular complexity index is 601. The molecule has 0 aliphatic heterocycles. The van der Waals surface area contributed by atoms with Crippen LogP contribution in [0.1, 0.15) is 65.7 Å². The van der Waals surface area contributed by atoms with Crippen molar-refractivity contribution in [1.29, 1.82) is 0 Å². The van der Waals surface area contributed by atoms with E-state index in [-0.39, 0.29) is 16.2 Å². The van der Waals surface area contributed by atoms with Gasteiger partial charge in [0.2, 0.25) is 0 Å². The molecule has 0 aromatic heterocycles. The number of rotatable bonds is 3. The SMILES string of the molecule is C=C[C@@]1(C)CCC=C2C1CCC1[C@@]2(C)CCC[C@@]1(C)/C=C/C(=O)O. The average molecular weight is 328 g/mol. The summed E-state index contributed by atoms with van der Waals surface area (Å²) in [6.45, 7) is 11.3. The molecule has 0 amide bonds. The summed E-state index contributed by atoms with van der Waals surface area (Å²) in [4.78, 5) is 11.1. The van der Waals surface area contributed by atoms with Gasteiger partial charge in [-0.25, -0.2) is 4.79 Å². The number of aliphatic carboxylic acids is 1. The van der Waals surface area contributed by atoms with Crippen LogP contribution < -0.4 is 0 Å². The molecule has 24 heavy (non-hydrogen) atoms. The molecule has 0 aromatic rings. The van der Waals surface area contributed by atoms with Crippen LogP contribution in [-0.4, -0.2) is 11.1 Å². The van der Waals surface area contributed by atoms with Crippen molar-refractivity contribution in [3.05, 3.63) is 36.5 Å². The van der Waals surface area contributed by atoms with Gasteiger partial charge in [0.05, 0.1) is 0 Å². The lowest BCUT2D eigenvalue weighted by Crippen LogP contribution is -2.51. The van der Waals surface area contributed by atoms with E-state index in [9.17, 15) is 4.79 Å². The number of carbonyl (C=O) groups is 1. The molecule has 0 heterocycles. The van der Waals surface area contributed by atoms with Gasteiger partial charge in [0.1, 0.15) is 0 Å². The van der Waals surface area contributed by atoms with Crippen molar-refractivity contribution in [1.82, 2.24) is 0 Å². The Labute approximate surface area is 146 Å². The van der Waals surface area contributed by atoms with Crippen LogP contribution in [0.4, 0.5) is 0 Å². The number of carboxylic acids is 1. The Hall–Kier alpha value is -1.31. The fourth-order valence-electron chi connectivity index (χ4n) is 6.27. The highest BCUT2D eigenvalue weighted by molar-refractivity contribution is 5.79. The molecule has 132 valence electrons. The quantitative estimate of drug-likeness (QED) is 0.528. The monoisotopic (exact) mass is 328 g/mol. The topological polar surface area (TPSA) is 37.3 Å². The molecular formula is C22H32O2. The molecule has 0 spiro atoms. The summed E-state index contributed by atoms with van der Waals surface area (Å²) < 4.78 is 0. The van der Waals surface area contributed by atoms with Gasteiger partial charge < -0.3 is 5.11 Å². The molecule has 0 radical (unpaired) electrons. The van der Waals surface area contributed by atoms with Crippen LogP contribution >= 0.6 is 0 Å². The Morgan fingerprint density at radius 2 is 1.96 bits per heavy atom. The van der Waals surface area contributed by atoms with Crippen LogP contribution in [0.3, 0.4) is 0 Å². The summed E-state index contributed by atoms with van der Waals surface area (Å²) in [7, 11) is 0. The maximum atomic E-state index is 11.1. The first-order valence-corrected chi connectivity index (χ1v) is 9.51. The Balaban J connectivity index is 1.99. The third-order valence-electron chi connectivity index (χ3n) is 7.67. The van der Waals surface area contributed by atoms with E-state index >= 15 is 0 Å². The Morgan fingerprint density at radius 3 is 2.62 bits per heavy atom. The Kier molecular flexibility index (Phi) is 4.30. The van der Waals surface area contributed by atoms with Gasteiger partial charge in [0, 0.05) is 6.08 Å². The minimum atomic E-state index is -0.826.